The number of rotatable bonds is 9. The molecule has 0 saturated heterocycles. The number of halogens is 2. The Balaban J connectivity index is 1.63. The molecule has 1 amide bonds. The van der Waals surface area contributed by atoms with E-state index in [2.05, 4.69) is 75.3 Å². The van der Waals surface area contributed by atoms with Gasteiger partial charge in [0.05, 0.1) is 23.7 Å². The predicted molar refractivity (Wildman–Crippen MR) is 148 cm³/mol. The van der Waals surface area contributed by atoms with Gasteiger partial charge in [-0.05, 0) is 74.8 Å². The molecule has 7 heteroatoms. The number of nitrogens with one attached hydrogen (secondary N) is 1. The van der Waals surface area contributed by atoms with Gasteiger partial charge in [-0.25, -0.2) is 5.43 Å². The van der Waals surface area contributed by atoms with Gasteiger partial charge in [-0.1, -0.05) is 73.1 Å². The van der Waals surface area contributed by atoms with Gasteiger partial charge in [0.1, 0.15) is 6.61 Å². The zero-order valence-corrected chi connectivity index (χ0v) is 23.6. The van der Waals surface area contributed by atoms with Crippen molar-refractivity contribution in [1.82, 2.24) is 5.43 Å². The fraction of sp³-hybridized carbons (Fsp3) is 0.286. The van der Waals surface area contributed by atoms with Crippen LogP contribution in [0.25, 0.3) is 0 Å². The minimum absolute atomic E-state index is 0.0826. The molecule has 0 aliphatic rings. The molecule has 3 rings (SSSR count). The topological polar surface area (TPSA) is 59.9 Å². The third-order valence-electron chi connectivity index (χ3n) is 5.22. The number of ether oxygens (including phenoxy) is 2. The number of carbonyl (C=O) groups excluding carboxylic acids is 1. The lowest BCUT2D eigenvalue weighted by molar-refractivity contribution is -0.120. The van der Waals surface area contributed by atoms with Crippen LogP contribution < -0.4 is 14.9 Å². The molecule has 35 heavy (non-hydrogen) atoms. The number of amides is 1. The Morgan fingerprint density at radius 1 is 0.971 bits per heavy atom. The van der Waals surface area contributed by atoms with Crippen LogP contribution in [0, 0.1) is 0 Å². The molecule has 0 heterocycles. The number of benzene rings is 3. The van der Waals surface area contributed by atoms with Crippen LogP contribution in [0.1, 0.15) is 49.9 Å². The van der Waals surface area contributed by atoms with E-state index in [-0.39, 0.29) is 17.7 Å². The molecule has 0 saturated carbocycles. The number of nitrogens with zero attached hydrogens (tertiary/aromatic N) is 1. The molecule has 0 aliphatic carbocycles. The number of hydrazone groups is 1. The first kappa shape index (κ1) is 27.0. The van der Waals surface area contributed by atoms with Crippen LogP contribution in [-0.2, 0) is 23.2 Å². The molecule has 1 N–H and O–H groups in total. The molecule has 184 valence electrons. The fourth-order valence-corrected chi connectivity index (χ4v) is 4.17. The van der Waals surface area contributed by atoms with Gasteiger partial charge in [0.15, 0.2) is 11.5 Å². The van der Waals surface area contributed by atoms with Crippen molar-refractivity contribution in [3.63, 3.8) is 0 Å². The standard InChI is InChI=1S/C28H30Br2N2O3/c1-5-34-25-15-21(14-24(30)27(25)35-18-20-8-12-23(29)13-9-20)17-31-32-26(33)16-19-6-10-22(11-7-19)28(2,3)4/h6-15,17H,5,16,18H2,1-4H3,(H,32,33)/b31-17-. The minimum Gasteiger partial charge on any atom is -0.490 e. The van der Waals surface area contributed by atoms with Crippen molar-refractivity contribution < 1.29 is 14.3 Å². The van der Waals surface area contributed by atoms with E-state index < -0.39 is 0 Å². The lowest BCUT2D eigenvalue weighted by Crippen LogP contribution is -2.20. The molecular formula is C28H30Br2N2O3. The van der Waals surface area contributed by atoms with Gasteiger partial charge in [-0.15, -0.1) is 0 Å². The summed E-state index contributed by atoms with van der Waals surface area (Å²) in [5, 5.41) is 4.12. The third kappa shape index (κ3) is 8.22. The summed E-state index contributed by atoms with van der Waals surface area (Å²) >= 11 is 7.02. The minimum atomic E-state index is -0.177. The SMILES string of the molecule is CCOc1cc(/C=N\NC(=O)Cc2ccc(C(C)(C)C)cc2)cc(Br)c1OCc1ccc(Br)cc1. The summed E-state index contributed by atoms with van der Waals surface area (Å²) < 4.78 is 13.6. The Morgan fingerprint density at radius 3 is 2.26 bits per heavy atom. The maximum absolute atomic E-state index is 12.3. The Morgan fingerprint density at radius 2 is 1.63 bits per heavy atom. The second-order valence-electron chi connectivity index (χ2n) is 9.10. The molecule has 0 aromatic heterocycles. The van der Waals surface area contributed by atoms with Crippen LogP contribution in [0.15, 0.2) is 74.7 Å². The van der Waals surface area contributed by atoms with Crippen LogP contribution in [0.2, 0.25) is 0 Å². The normalized spacial score (nSPS) is 11.5. The lowest BCUT2D eigenvalue weighted by atomic mass is 9.86. The summed E-state index contributed by atoms with van der Waals surface area (Å²) in [7, 11) is 0. The first-order valence-corrected chi connectivity index (χ1v) is 13.0. The summed E-state index contributed by atoms with van der Waals surface area (Å²) in [6.07, 6.45) is 1.85. The summed E-state index contributed by atoms with van der Waals surface area (Å²) in [6, 6.07) is 19.8. The van der Waals surface area contributed by atoms with Crippen molar-refractivity contribution in [1.29, 1.82) is 0 Å². The average Bonchev–Trinajstić information content (AvgIpc) is 2.80. The van der Waals surface area contributed by atoms with E-state index >= 15 is 0 Å². The van der Waals surface area contributed by atoms with Crippen LogP contribution in [-0.4, -0.2) is 18.7 Å². The molecule has 0 atom stereocenters. The van der Waals surface area contributed by atoms with Crippen LogP contribution >= 0.6 is 31.9 Å². The summed E-state index contributed by atoms with van der Waals surface area (Å²) in [5.41, 5.74) is 6.68. The van der Waals surface area contributed by atoms with E-state index in [1.807, 2.05) is 55.5 Å². The summed E-state index contributed by atoms with van der Waals surface area (Å²) in [4.78, 5) is 12.3. The van der Waals surface area contributed by atoms with Crippen molar-refractivity contribution in [2.75, 3.05) is 6.61 Å². The highest BCUT2D eigenvalue weighted by Crippen LogP contribution is 2.37. The highest BCUT2D eigenvalue weighted by molar-refractivity contribution is 9.10. The van der Waals surface area contributed by atoms with Crippen LogP contribution in [0.4, 0.5) is 0 Å². The number of hydrogen-bond acceptors (Lipinski definition) is 4. The Hall–Kier alpha value is -2.64. The van der Waals surface area contributed by atoms with Crippen LogP contribution in [0.5, 0.6) is 11.5 Å². The lowest BCUT2D eigenvalue weighted by Gasteiger charge is -2.19. The molecule has 0 aliphatic heterocycles. The van der Waals surface area contributed by atoms with Crippen molar-refractivity contribution in [2.45, 2.75) is 46.1 Å². The zero-order valence-electron chi connectivity index (χ0n) is 20.4. The van der Waals surface area contributed by atoms with E-state index in [9.17, 15) is 4.79 Å². The fourth-order valence-electron chi connectivity index (χ4n) is 3.33. The Labute approximate surface area is 224 Å². The van der Waals surface area contributed by atoms with Gasteiger partial charge in [0, 0.05) is 4.47 Å². The van der Waals surface area contributed by atoms with E-state index in [1.165, 1.54) is 5.56 Å². The van der Waals surface area contributed by atoms with Crippen molar-refractivity contribution in [3.8, 4) is 11.5 Å². The monoisotopic (exact) mass is 600 g/mol. The largest absolute Gasteiger partial charge is 0.490 e. The second-order valence-corrected chi connectivity index (χ2v) is 10.9. The highest BCUT2D eigenvalue weighted by atomic mass is 79.9. The van der Waals surface area contributed by atoms with Gasteiger partial charge in [-0.3, -0.25) is 4.79 Å². The molecule has 0 bridgehead atoms. The molecule has 0 radical (unpaired) electrons. The second kappa shape index (κ2) is 12.4. The maximum Gasteiger partial charge on any atom is 0.244 e. The number of hydrogen-bond donors (Lipinski definition) is 1. The molecule has 3 aromatic carbocycles. The molecule has 0 spiro atoms. The molecule has 5 nitrogen and oxygen atoms in total. The third-order valence-corrected chi connectivity index (χ3v) is 6.33. The summed E-state index contributed by atoms with van der Waals surface area (Å²) in [6.45, 7) is 9.32. The van der Waals surface area contributed by atoms with Crippen molar-refractivity contribution >= 4 is 44.0 Å². The van der Waals surface area contributed by atoms with E-state index in [0.717, 1.165) is 25.6 Å². The van der Waals surface area contributed by atoms with Gasteiger partial charge in [0.25, 0.3) is 0 Å². The van der Waals surface area contributed by atoms with Gasteiger partial charge in [0.2, 0.25) is 5.91 Å². The average molecular weight is 602 g/mol. The van der Waals surface area contributed by atoms with Crippen LogP contribution in [0.3, 0.4) is 0 Å². The highest BCUT2D eigenvalue weighted by Gasteiger charge is 2.14. The molecular weight excluding hydrogens is 572 g/mol. The smallest absolute Gasteiger partial charge is 0.244 e. The predicted octanol–water partition coefficient (Wildman–Crippen LogP) is 7.18. The Kier molecular flexibility index (Phi) is 9.52. The van der Waals surface area contributed by atoms with Gasteiger partial charge >= 0.3 is 0 Å². The maximum atomic E-state index is 12.3. The van der Waals surface area contributed by atoms with Gasteiger partial charge < -0.3 is 9.47 Å². The first-order valence-electron chi connectivity index (χ1n) is 11.4. The summed E-state index contributed by atoms with van der Waals surface area (Å²) in [5.74, 6) is 1.05. The van der Waals surface area contributed by atoms with E-state index in [4.69, 9.17) is 9.47 Å². The first-order chi connectivity index (χ1) is 16.7. The van der Waals surface area contributed by atoms with E-state index in [0.29, 0.717) is 24.7 Å². The molecule has 3 aromatic rings. The van der Waals surface area contributed by atoms with Crippen molar-refractivity contribution in [2.24, 2.45) is 5.10 Å². The number of carbonyl (C=O) groups is 1. The Bertz CT molecular complexity index is 1170. The van der Waals surface area contributed by atoms with Gasteiger partial charge in [-0.2, -0.15) is 5.10 Å². The van der Waals surface area contributed by atoms with Crippen molar-refractivity contribution in [3.05, 3.63) is 91.9 Å². The zero-order chi connectivity index (χ0) is 25.4. The van der Waals surface area contributed by atoms with E-state index in [1.54, 1.807) is 6.21 Å². The molecule has 0 fully saturated rings. The quantitative estimate of drug-likeness (QED) is 0.209. The molecule has 0 unspecified atom stereocenters.